The van der Waals surface area contributed by atoms with Crippen molar-refractivity contribution < 1.29 is 14.2 Å². The molecular weight excluding hydrogens is 385 g/mol. The van der Waals surface area contributed by atoms with Gasteiger partial charge in [-0.25, -0.2) is 14.4 Å². The Bertz CT molecular complexity index is 868. The molecule has 2 aromatic heterocycles. The van der Waals surface area contributed by atoms with Crippen molar-refractivity contribution >= 4 is 29.9 Å². The van der Waals surface area contributed by atoms with Gasteiger partial charge < -0.3 is 20.5 Å². The molecule has 1 unspecified atom stereocenters. The molecular formula is C19H21ClFN5O2. The van der Waals surface area contributed by atoms with Crippen molar-refractivity contribution in [1.82, 2.24) is 15.0 Å². The molecule has 0 aliphatic heterocycles. The number of pyridine rings is 1. The maximum atomic E-state index is 13.1. The molecule has 0 bridgehead atoms. The molecule has 0 fully saturated rings. The predicted octanol–water partition coefficient (Wildman–Crippen LogP) is 3.72. The van der Waals surface area contributed by atoms with Gasteiger partial charge in [0.1, 0.15) is 35.6 Å². The molecule has 0 saturated carbocycles. The first-order chi connectivity index (χ1) is 13.1. The summed E-state index contributed by atoms with van der Waals surface area (Å²) in [7, 11) is 0. The third kappa shape index (κ3) is 6.04. The minimum absolute atomic E-state index is 0. The van der Waals surface area contributed by atoms with Crippen molar-refractivity contribution in [3.63, 3.8) is 0 Å². The lowest BCUT2D eigenvalue weighted by atomic mass is 10.1. The number of nitrogens with one attached hydrogen (secondary N) is 2. The van der Waals surface area contributed by atoms with E-state index in [4.69, 9.17) is 9.84 Å². The summed E-state index contributed by atoms with van der Waals surface area (Å²) < 4.78 is 18.6. The van der Waals surface area contributed by atoms with Gasteiger partial charge in [-0.15, -0.1) is 12.4 Å². The fourth-order valence-corrected chi connectivity index (χ4v) is 2.44. The third-order valence-electron chi connectivity index (χ3n) is 3.71. The van der Waals surface area contributed by atoms with Crippen LogP contribution in [0.4, 0.5) is 21.8 Å². The van der Waals surface area contributed by atoms with Crippen molar-refractivity contribution in [1.29, 1.82) is 0 Å². The number of nitrogens with zero attached hydrogens (tertiary/aromatic N) is 3. The van der Waals surface area contributed by atoms with Crippen molar-refractivity contribution in [2.45, 2.75) is 13.0 Å². The zero-order chi connectivity index (χ0) is 19.1. The van der Waals surface area contributed by atoms with Gasteiger partial charge in [-0.05, 0) is 24.6 Å². The highest BCUT2D eigenvalue weighted by atomic mass is 35.5. The van der Waals surface area contributed by atoms with Crippen molar-refractivity contribution in [2.24, 2.45) is 0 Å². The molecule has 2 heterocycles. The van der Waals surface area contributed by atoms with Gasteiger partial charge in [-0.1, -0.05) is 12.1 Å². The average Bonchev–Trinajstić information content (AvgIpc) is 2.67. The highest BCUT2D eigenvalue weighted by Crippen LogP contribution is 2.26. The number of halogens is 2. The molecule has 0 amide bonds. The SMILES string of the molecule is CC(Nc1cc(OCCO)cc(Nc2cnccn2)n1)c1ccc(F)cc1.Cl. The Balaban J connectivity index is 0.00000280. The van der Waals surface area contributed by atoms with E-state index in [1.807, 2.05) is 6.92 Å². The van der Waals surface area contributed by atoms with E-state index in [9.17, 15) is 4.39 Å². The second-order valence-corrected chi connectivity index (χ2v) is 5.78. The van der Waals surface area contributed by atoms with Crippen molar-refractivity contribution in [3.8, 4) is 5.75 Å². The topological polar surface area (TPSA) is 92.2 Å². The van der Waals surface area contributed by atoms with E-state index in [2.05, 4.69) is 25.6 Å². The Morgan fingerprint density at radius 3 is 2.54 bits per heavy atom. The molecule has 1 atom stereocenters. The quantitative estimate of drug-likeness (QED) is 0.526. The molecule has 3 aromatic rings. The summed E-state index contributed by atoms with van der Waals surface area (Å²) in [6.07, 6.45) is 4.73. The number of hydrogen-bond acceptors (Lipinski definition) is 7. The van der Waals surface area contributed by atoms with E-state index < -0.39 is 0 Å². The number of anilines is 3. The van der Waals surface area contributed by atoms with Gasteiger partial charge in [0.2, 0.25) is 0 Å². The molecule has 0 saturated heterocycles. The molecule has 0 spiro atoms. The number of hydrogen-bond donors (Lipinski definition) is 3. The molecule has 0 aliphatic carbocycles. The van der Waals surface area contributed by atoms with Crippen LogP contribution in [0, 0.1) is 5.82 Å². The van der Waals surface area contributed by atoms with Crippen LogP contribution in [0.2, 0.25) is 0 Å². The number of benzene rings is 1. The Labute approximate surface area is 168 Å². The first kappa shape index (κ1) is 21.3. The van der Waals surface area contributed by atoms with Crippen molar-refractivity contribution in [2.75, 3.05) is 23.8 Å². The van der Waals surface area contributed by atoms with Crippen LogP contribution in [0.25, 0.3) is 0 Å². The molecule has 1 aromatic carbocycles. The Hall–Kier alpha value is -2.97. The lowest BCUT2D eigenvalue weighted by Gasteiger charge is -2.17. The van der Waals surface area contributed by atoms with E-state index in [1.165, 1.54) is 12.1 Å². The summed E-state index contributed by atoms with van der Waals surface area (Å²) in [5.41, 5.74) is 0.920. The zero-order valence-electron chi connectivity index (χ0n) is 15.2. The minimum Gasteiger partial charge on any atom is -0.491 e. The summed E-state index contributed by atoms with van der Waals surface area (Å²) in [6, 6.07) is 9.62. The maximum Gasteiger partial charge on any atom is 0.150 e. The van der Waals surface area contributed by atoms with Crippen LogP contribution in [0.1, 0.15) is 18.5 Å². The molecule has 28 heavy (non-hydrogen) atoms. The van der Waals surface area contributed by atoms with E-state index in [0.717, 1.165) is 5.56 Å². The average molecular weight is 406 g/mol. The second kappa shape index (κ2) is 10.4. The van der Waals surface area contributed by atoms with E-state index in [0.29, 0.717) is 23.2 Å². The van der Waals surface area contributed by atoms with Crippen LogP contribution < -0.4 is 15.4 Å². The molecule has 0 aliphatic rings. The zero-order valence-corrected chi connectivity index (χ0v) is 16.0. The van der Waals surface area contributed by atoms with Gasteiger partial charge in [0, 0.05) is 30.6 Å². The van der Waals surface area contributed by atoms with Gasteiger partial charge in [0.05, 0.1) is 12.8 Å². The summed E-state index contributed by atoms with van der Waals surface area (Å²) in [4.78, 5) is 12.7. The highest BCUT2D eigenvalue weighted by molar-refractivity contribution is 5.85. The first-order valence-electron chi connectivity index (χ1n) is 8.45. The van der Waals surface area contributed by atoms with Gasteiger partial charge in [-0.2, -0.15) is 0 Å². The van der Waals surface area contributed by atoms with Crippen molar-refractivity contribution in [3.05, 3.63) is 66.4 Å². The van der Waals surface area contributed by atoms with Gasteiger partial charge >= 0.3 is 0 Å². The van der Waals surface area contributed by atoms with E-state index in [1.54, 1.807) is 42.9 Å². The largest absolute Gasteiger partial charge is 0.491 e. The maximum absolute atomic E-state index is 13.1. The second-order valence-electron chi connectivity index (χ2n) is 5.78. The first-order valence-corrected chi connectivity index (χ1v) is 8.45. The molecule has 3 rings (SSSR count). The third-order valence-corrected chi connectivity index (χ3v) is 3.71. The summed E-state index contributed by atoms with van der Waals surface area (Å²) >= 11 is 0. The lowest BCUT2D eigenvalue weighted by Crippen LogP contribution is -2.10. The standard InChI is InChI=1S/C19H20FN5O2.ClH/c1-13(14-2-4-15(20)5-3-14)23-17-10-16(27-9-8-26)11-18(24-17)25-19-12-21-6-7-22-19;/h2-7,10-13,26H,8-9H2,1H3,(H2,22,23,24,25);1H. The van der Waals surface area contributed by atoms with Crippen LogP contribution in [0.15, 0.2) is 55.0 Å². The Kier molecular flexibility index (Phi) is 7.91. The number of rotatable bonds is 8. The molecule has 0 radical (unpaired) electrons. The molecule has 3 N–H and O–H groups in total. The molecule has 7 nitrogen and oxygen atoms in total. The van der Waals surface area contributed by atoms with E-state index in [-0.39, 0.29) is 37.5 Å². The number of aliphatic hydroxyl groups excluding tert-OH is 1. The van der Waals surface area contributed by atoms with E-state index >= 15 is 0 Å². The lowest BCUT2D eigenvalue weighted by molar-refractivity contribution is 0.201. The fraction of sp³-hybridized carbons (Fsp3) is 0.211. The van der Waals surface area contributed by atoms with Crippen LogP contribution in [0.5, 0.6) is 5.75 Å². The fourth-order valence-electron chi connectivity index (χ4n) is 2.44. The van der Waals surface area contributed by atoms with Gasteiger partial charge in [-0.3, -0.25) is 4.98 Å². The van der Waals surface area contributed by atoms with Crippen LogP contribution in [-0.2, 0) is 0 Å². The smallest absolute Gasteiger partial charge is 0.150 e. The number of aromatic nitrogens is 3. The van der Waals surface area contributed by atoms with Gasteiger partial charge in [0.15, 0.2) is 0 Å². The summed E-state index contributed by atoms with van der Waals surface area (Å²) in [5.74, 6) is 1.88. The highest BCUT2D eigenvalue weighted by Gasteiger charge is 2.10. The predicted molar refractivity (Wildman–Crippen MR) is 108 cm³/mol. The molecule has 148 valence electrons. The minimum atomic E-state index is -0.279. The van der Waals surface area contributed by atoms with Gasteiger partial charge in [0.25, 0.3) is 0 Å². The molecule has 9 heteroatoms. The Morgan fingerprint density at radius 1 is 1.11 bits per heavy atom. The summed E-state index contributed by atoms with van der Waals surface area (Å²) in [6.45, 7) is 2.03. The van der Waals surface area contributed by atoms with Crippen LogP contribution in [-0.4, -0.2) is 33.3 Å². The van der Waals surface area contributed by atoms with Crippen LogP contribution in [0.3, 0.4) is 0 Å². The number of ether oxygens (including phenoxy) is 1. The number of aliphatic hydroxyl groups is 1. The summed E-state index contributed by atoms with van der Waals surface area (Å²) in [5, 5.41) is 15.3. The normalized spacial score (nSPS) is 11.2. The van der Waals surface area contributed by atoms with Crippen LogP contribution >= 0.6 is 12.4 Å². The monoisotopic (exact) mass is 405 g/mol. The Morgan fingerprint density at radius 2 is 1.86 bits per heavy atom.